The fourth-order valence-corrected chi connectivity index (χ4v) is 4.06. The van der Waals surface area contributed by atoms with E-state index in [1.165, 1.54) is 10.1 Å². The molecule has 2 heterocycles. The van der Waals surface area contributed by atoms with Gasteiger partial charge in [-0.3, -0.25) is 4.79 Å². The number of ketones is 1. The van der Waals surface area contributed by atoms with Gasteiger partial charge in [0.05, 0.1) is 12.0 Å². The normalized spacial score (nSPS) is 17.6. The molecule has 21 heavy (non-hydrogen) atoms. The Morgan fingerprint density at radius 3 is 2.95 bits per heavy atom. The van der Waals surface area contributed by atoms with Gasteiger partial charge in [-0.25, -0.2) is 0 Å². The summed E-state index contributed by atoms with van der Waals surface area (Å²) >= 11 is 5.12. The summed E-state index contributed by atoms with van der Waals surface area (Å²) in [5, 5.41) is 3.28. The topological polar surface area (TPSA) is 26.3 Å². The minimum atomic E-state index is -0.199. The van der Waals surface area contributed by atoms with Crippen LogP contribution in [0.4, 0.5) is 0 Å². The highest BCUT2D eigenvalue weighted by atomic mass is 79.9. The number of thiophene rings is 1. The Hall–Kier alpha value is -1.65. The van der Waals surface area contributed by atoms with Crippen LogP contribution in [0, 0.1) is 0 Å². The average Bonchev–Trinajstić information content (AvgIpc) is 2.90. The summed E-state index contributed by atoms with van der Waals surface area (Å²) in [5.41, 5.74) is 1.78. The molecule has 0 fully saturated rings. The van der Waals surface area contributed by atoms with Gasteiger partial charge in [0.1, 0.15) is 11.9 Å². The van der Waals surface area contributed by atoms with Crippen LogP contribution >= 0.6 is 27.3 Å². The third-order valence-electron chi connectivity index (χ3n) is 3.74. The summed E-state index contributed by atoms with van der Waals surface area (Å²) in [7, 11) is 0. The predicted molar refractivity (Wildman–Crippen MR) is 88.3 cm³/mol. The molecule has 4 rings (SSSR count). The van der Waals surface area contributed by atoms with Crippen molar-refractivity contribution >= 4 is 43.1 Å². The number of rotatable bonds is 1. The molecule has 0 spiro atoms. The van der Waals surface area contributed by atoms with Crippen LogP contribution < -0.4 is 4.74 Å². The fraction of sp³-hybridized carbons (Fsp3) is 0.118. The van der Waals surface area contributed by atoms with E-state index in [-0.39, 0.29) is 11.9 Å². The molecule has 1 aliphatic rings. The van der Waals surface area contributed by atoms with Crippen molar-refractivity contribution in [1.29, 1.82) is 0 Å². The molecule has 1 unspecified atom stereocenters. The third-order valence-corrected chi connectivity index (χ3v) is 5.22. The molecule has 0 amide bonds. The second kappa shape index (κ2) is 4.97. The maximum Gasteiger partial charge on any atom is 0.170 e. The second-order valence-electron chi connectivity index (χ2n) is 5.06. The van der Waals surface area contributed by atoms with Gasteiger partial charge in [0.2, 0.25) is 0 Å². The van der Waals surface area contributed by atoms with Crippen molar-refractivity contribution in [1.82, 2.24) is 0 Å². The van der Waals surface area contributed by atoms with E-state index >= 15 is 0 Å². The minimum absolute atomic E-state index is 0.143. The Morgan fingerprint density at radius 1 is 1.19 bits per heavy atom. The molecule has 3 aromatic rings. The van der Waals surface area contributed by atoms with E-state index in [1.54, 1.807) is 11.3 Å². The van der Waals surface area contributed by atoms with Crippen LogP contribution in [0.15, 0.2) is 52.3 Å². The monoisotopic (exact) mass is 358 g/mol. The van der Waals surface area contributed by atoms with Crippen molar-refractivity contribution in [2.75, 3.05) is 0 Å². The molecule has 104 valence electrons. The van der Waals surface area contributed by atoms with Gasteiger partial charge < -0.3 is 4.74 Å². The zero-order valence-electron chi connectivity index (χ0n) is 11.0. The van der Waals surface area contributed by atoms with E-state index in [2.05, 4.69) is 33.4 Å². The standard InChI is InChI=1S/C17H11BrO2S/c18-10-5-6-12-14(19)8-16(20-15(12)7-10)13-9-21-17-4-2-1-3-11(13)17/h1-7,9,16H,8H2. The summed E-state index contributed by atoms with van der Waals surface area (Å²) in [6.07, 6.45) is 0.200. The molecular formula is C17H11BrO2S. The SMILES string of the molecule is O=C1CC(c2csc3ccccc23)Oc2cc(Br)ccc21. The van der Waals surface area contributed by atoms with Crippen LogP contribution in [0.2, 0.25) is 0 Å². The zero-order valence-corrected chi connectivity index (χ0v) is 13.4. The lowest BCUT2D eigenvalue weighted by atomic mass is 9.96. The molecule has 0 radical (unpaired) electrons. The van der Waals surface area contributed by atoms with E-state index in [0.717, 1.165) is 10.0 Å². The number of hydrogen-bond donors (Lipinski definition) is 0. The first-order valence-electron chi connectivity index (χ1n) is 6.68. The van der Waals surface area contributed by atoms with Crippen molar-refractivity contribution in [3.05, 3.63) is 63.4 Å². The second-order valence-corrected chi connectivity index (χ2v) is 6.89. The molecular weight excluding hydrogens is 348 g/mol. The highest BCUT2D eigenvalue weighted by Gasteiger charge is 2.29. The van der Waals surface area contributed by atoms with Gasteiger partial charge in [0.25, 0.3) is 0 Å². The molecule has 0 N–H and O–H groups in total. The first-order chi connectivity index (χ1) is 10.2. The van der Waals surface area contributed by atoms with E-state index in [4.69, 9.17) is 4.74 Å². The lowest BCUT2D eigenvalue weighted by molar-refractivity contribution is 0.0852. The maximum absolute atomic E-state index is 12.3. The molecule has 0 saturated heterocycles. The number of carbonyl (C=O) groups is 1. The molecule has 0 saturated carbocycles. The molecule has 4 heteroatoms. The van der Waals surface area contributed by atoms with Gasteiger partial charge in [0.15, 0.2) is 5.78 Å². The molecule has 2 nitrogen and oxygen atoms in total. The Kier molecular flexibility index (Phi) is 3.08. The van der Waals surface area contributed by atoms with Crippen molar-refractivity contribution in [2.24, 2.45) is 0 Å². The van der Waals surface area contributed by atoms with Crippen LogP contribution in [0.1, 0.15) is 28.4 Å². The van der Waals surface area contributed by atoms with Gasteiger partial charge in [-0.2, -0.15) is 0 Å². The number of fused-ring (bicyclic) bond motifs is 2. The molecule has 0 aliphatic carbocycles. The van der Waals surface area contributed by atoms with E-state index in [9.17, 15) is 4.79 Å². The number of benzene rings is 2. The van der Waals surface area contributed by atoms with Crippen molar-refractivity contribution in [2.45, 2.75) is 12.5 Å². The number of ether oxygens (including phenoxy) is 1. The van der Waals surface area contributed by atoms with Crippen LogP contribution in [0.25, 0.3) is 10.1 Å². The minimum Gasteiger partial charge on any atom is -0.484 e. The van der Waals surface area contributed by atoms with Crippen molar-refractivity contribution < 1.29 is 9.53 Å². The highest BCUT2D eigenvalue weighted by Crippen LogP contribution is 2.40. The Morgan fingerprint density at radius 2 is 2.05 bits per heavy atom. The highest BCUT2D eigenvalue weighted by molar-refractivity contribution is 9.10. The Bertz CT molecular complexity index is 853. The lowest BCUT2D eigenvalue weighted by Gasteiger charge is -2.25. The van der Waals surface area contributed by atoms with Gasteiger partial charge in [-0.1, -0.05) is 34.1 Å². The van der Waals surface area contributed by atoms with E-state index in [0.29, 0.717) is 17.7 Å². The largest absolute Gasteiger partial charge is 0.484 e. The van der Waals surface area contributed by atoms with Crippen LogP contribution in [-0.2, 0) is 0 Å². The summed E-state index contributed by atoms with van der Waals surface area (Å²) in [4.78, 5) is 12.3. The Labute approximate surface area is 134 Å². The summed E-state index contributed by atoms with van der Waals surface area (Å²) < 4.78 is 8.24. The number of hydrogen-bond acceptors (Lipinski definition) is 3. The predicted octanol–water partition coefficient (Wildman–Crippen LogP) is 5.37. The van der Waals surface area contributed by atoms with Crippen molar-refractivity contribution in [3.8, 4) is 5.75 Å². The molecule has 0 bridgehead atoms. The quantitative estimate of drug-likeness (QED) is 0.584. The molecule has 1 aromatic heterocycles. The number of carbonyl (C=O) groups excluding carboxylic acids is 1. The number of Topliss-reactive ketones (excluding diaryl/α,β-unsaturated/α-hetero) is 1. The lowest BCUT2D eigenvalue weighted by Crippen LogP contribution is -2.20. The van der Waals surface area contributed by atoms with E-state index in [1.807, 2.05) is 30.3 Å². The molecule has 2 aromatic carbocycles. The molecule has 1 aliphatic heterocycles. The maximum atomic E-state index is 12.3. The smallest absolute Gasteiger partial charge is 0.170 e. The zero-order chi connectivity index (χ0) is 14.4. The Balaban J connectivity index is 1.79. The van der Waals surface area contributed by atoms with Gasteiger partial charge in [-0.05, 0) is 35.0 Å². The van der Waals surface area contributed by atoms with Crippen molar-refractivity contribution in [3.63, 3.8) is 0 Å². The molecule has 1 atom stereocenters. The van der Waals surface area contributed by atoms with E-state index < -0.39 is 0 Å². The van der Waals surface area contributed by atoms with Gasteiger partial charge in [-0.15, -0.1) is 11.3 Å². The fourth-order valence-electron chi connectivity index (χ4n) is 2.72. The van der Waals surface area contributed by atoms with Crippen LogP contribution in [0.3, 0.4) is 0 Å². The third kappa shape index (κ3) is 2.19. The average molecular weight is 359 g/mol. The summed E-state index contributed by atoms with van der Waals surface area (Å²) in [6, 6.07) is 13.8. The van der Waals surface area contributed by atoms with Crippen LogP contribution in [0.5, 0.6) is 5.75 Å². The van der Waals surface area contributed by atoms with Crippen LogP contribution in [-0.4, -0.2) is 5.78 Å². The summed E-state index contributed by atoms with van der Waals surface area (Å²) in [6.45, 7) is 0. The first-order valence-corrected chi connectivity index (χ1v) is 8.35. The van der Waals surface area contributed by atoms with Gasteiger partial charge >= 0.3 is 0 Å². The number of halogens is 1. The summed E-state index contributed by atoms with van der Waals surface area (Å²) in [5.74, 6) is 0.810. The first kappa shape index (κ1) is 13.0. The van der Waals surface area contributed by atoms with Gasteiger partial charge in [0, 0.05) is 14.7 Å².